The number of aryl methyl sites for hydroxylation is 4. The van der Waals surface area contributed by atoms with Gasteiger partial charge in [-0.15, -0.1) is 0 Å². The van der Waals surface area contributed by atoms with Gasteiger partial charge < -0.3 is 56.4 Å². The van der Waals surface area contributed by atoms with Crippen LogP contribution in [0.1, 0.15) is 162 Å². The molecule has 15 heteroatoms. The summed E-state index contributed by atoms with van der Waals surface area (Å²) in [5.41, 5.74) is 18.0. The van der Waals surface area contributed by atoms with E-state index in [0.717, 1.165) is 38.5 Å². The van der Waals surface area contributed by atoms with Crippen molar-refractivity contribution < 1.29 is 53.4 Å². The molecule has 0 aliphatic carbocycles. The molecule has 0 radical (unpaired) electrons. The lowest BCUT2D eigenvalue weighted by atomic mass is 9.80. The fourth-order valence-electron chi connectivity index (χ4n) is 9.55. The number of amides is 3. The Hall–Kier alpha value is -4.12. The van der Waals surface area contributed by atoms with Crippen molar-refractivity contribution in [1.29, 1.82) is 0 Å². The Morgan fingerprint density at radius 3 is 1.67 bits per heavy atom. The molecule has 1 aliphatic rings. The Kier molecular flexibility index (Phi) is 29.1. The molecule has 1 fully saturated rings. The summed E-state index contributed by atoms with van der Waals surface area (Å²) in [6.45, 7) is 30.6. The first-order valence-corrected chi connectivity index (χ1v) is 27.7. The van der Waals surface area contributed by atoms with E-state index in [2.05, 4.69) is 88.6 Å². The molecule has 0 spiro atoms. The highest BCUT2D eigenvalue weighted by Crippen LogP contribution is 2.34. The highest BCUT2D eigenvalue weighted by Gasteiger charge is 2.42. The van der Waals surface area contributed by atoms with Crippen LogP contribution in [0.15, 0.2) is 36.4 Å². The van der Waals surface area contributed by atoms with Crippen LogP contribution in [0.25, 0.3) is 0 Å². The first-order chi connectivity index (χ1) is 35.0. The van der Waals surface area contributed by atoms with Gasteiger partial charge in [-0.1, -0.05) is 91.8 Å². The number of aliphatic hydroxyl groups is 3. The number of nitrogens with two attached hydrogens (primary N) is 2. The Balaban J connectivity index is 0.000000514. The van der Waals surface area contributed by atoms with Crippen molar-refractivity contribution in [2.75, 3.05) is 33.3 Å². The zero-order valence-corrected chi connectivity index (χ0v) is 48.8. The summed E-state index contributed by atoms with van der Waals surface area (Å²) in [6, 6.07) is 12.4. The lowest BCUT2D eigenvalue weighted by Crippen LogP contribution is -2.47. The van der Waals surface area contributed by atoms with Crippen molar-refractivity contribution in [1.82, 2.24) is 10.6 Å². The third kappa shape index (κ3) is 24.4. The van der Waals surface area contributed by atoms with Crippen molar-refractivity contribution in [2.45, 2.75) is 198 Å². The van der Waals surface area contributed by atoms with Gasteiger partial charge in [0, 0.05) is 31.7 Å². The number of hydrogen-bond acceptors (Lipinski definition) is 12. The third-order valence-electron chi connectivity index (χ3n) is 15.0. The van der Waals surface area contributed by atoms with Gasteiger partial charge in [0.2, 0.25) is 11.8 Å². The van der Waals surface area contributed by atoms with Crippen LogP contribution in [0.3, 0.4) is 0 Å². The number of aliphatic hydroxyl groups excluding tert-OH is 3. The molecule has 0 unspecified atom stereocenters. The van der Waals surface area contributed by atoms with Gasteiger partial charge in [-0.25, -0.2) is 4.79 Å². The number of carbonyl (C=O) groups excluding carboxylic acids is 4. The quantitative estimate of drug-likeness (QED) is 0.0213. The van der Waals surface area contributed by atoms with E-state index in [9.17, 15) is 24.3 Å². The number of cyclic esters (lactones) is 1. The lowest BCUT2D eigenvalue weighted by molar-refractivity contribution is -0.146. The molecule has 8 atom stereocenters. The van der Waals surface area contributed by atoms with Crippen LogP contribution < -0.4 is 22.1 Å². The zero-order chi connectivity index (χ0) is 56.8. The predicted molar refractivity (Wildman–Crippen MR) is 297 cm³/mol. The van der Waals surface area contributed by atoms with E-state index < -0.39 is 41.1 Å². The predicted octanol–water partition coefficient (Wildman–Crippen LogP) is 8.66. The summed E-state index contributed by atoms with van der Waals surface area (Å²) in [6.07, 6.45) is 5.73. The largest absolute Gasteiger partial charge is 0.460 e. The number of nitrogens with one attached hydrogen (secondary N) is 2. The van der Waals surface area contributed by atoms with E-state index in [0.29, 0.717) is 44.3 Å². The van der Waals surface area contributed by atoms with E-state index in [1.165, 1.54) is 33.4 Å². The lowest BCUT2D eigenvalue weighted by Gasteiger charge is -2.31. The molecule has 0 saturated carbocycles. The number of benzene rings is 2. The van der Waals surface area contributed by atoms with Gasteiger partial charge in [-0.2, -0.15) is 0 Å². The number of alkyl carbamates (subject to hydrolysis) is 1. The van der Waals surface area contributed by atoms with Crippen LogP contribution >= 0.6 is 0 Å². The third-order valence-corrected chi connectivity index (χ3v) is 15.0. The molecule has 428 valence electrons. The van der Waals surface area contributed by atoms with Crippen molar-refractivity contribution >= 4 is 23.9 Å². The summed E-state index contributed by atoms with van der Waals surface area (Å²) in [4.78, 5) is 49.8. The van der Waals surface area contributed by atoms with Gasteiger partial charge in [0.1, 0.15) is 25.3 Å². The minimum Gasteiger partial charge on any atom is -0.460 e. The standard InChI is InChI=1S/C30H53N3O5.C30H49NO6/c1-19(2)24(14-22-11-10-21(5)23(13-22)9-8-12-38-18-34)15-26(31)27(35)16-25(20(3)4)28(36)33-17-30(6,7)29(32)37;1-19(2)24(15-22-12-11-21(5)23(14-22)10-9-13-35-18-32)16-26(31-29(34)37-30(6,7)8)27-17-25(20(3)4)28(33)36-27/h10-11,13,19-20,24-27,34-35H,8-9,12,14-18,31H2,1-7H3,(H2,32,37)(H,33,36);11-12,14,19-20,24-27,32H,9-10,13,15-18H2,1-8H3,(H,31,34)/t2*24-,25-,26-,27-/m00/s1. The molecule has 2 aromatic carbocycles. The molecule has 0 bridgehead atoms. The first-order valence-electron chi connectivity index (χ1n) is 27.7. The summed E-state index contributed by atoms with van der Waals surface area (Å²) in [5.74, 6) is 0.0460. The van der Waals surface area contributed by atoms with Crippen LogP contribution in [-0.2, 0) is 59.0 Å². The van der Waals surface area contributed by atoms with E-state index in [1.807, 2.05) is 48.5 Å². The van der Waals surface area contributed by atoms with Gasteiger partial charge >= 0.3 is 12.1 Å². The van der Waals surface area contributed by atoms with Gasteiger partial charge in [0.15, 0.2) is 0 Å². The minimum absolute atomic E-state index is 0.00296. The average Bonchev–Trinajstić information content (AvgIpc) is 3.72. The molecule has 1 aliphatic heterocycles. The van der Waals surface area contributed by atoms with Crippen LogP contribution in [0.2, 0.25) is 0 Å². The minimum atomic E-state index is -0.847. The van der Waals surface area contributed by atoms with Crippen molar-refractivity contribution in [2.24, 2.45) is 64.2 Å². The van der Waals surface area contributed by atoms with E-state index in [4.69, 9.17) is 40.6 Å². The summed E-state index contributed by atoms with van der Waals surface area (Å²) >= 11 is 0. The maximum atomic E-state index is 12.9. The summed E-state index contributed by atoms with van der Waals surface area (Å²) in [7, 11) is 0. The number of ether oxygens (including phenoxy) is 4. The van der Waals surface area contributed by atoms with Crippen LogP contribution in [0.4, 0.5) is 4.79 Å². The molecule has 3 rings (SSSR count). The van der Waals surface area contributed by atoms with E-state index in [-0.39, 0.29) is 80.2 Å². The van der Waals surface area contributed by atoms with Gasteiger partial charge in [0.05, 0.1) is 23.5 Å². The number of primary amides is 1. The SMILES string of the molecule is Cc1ccc(C[C@@H](C[C@H](N)[C@@H](O)C[C@H](C(=O)NCC(C)(C)C(N)=O)C(C)C)C(C)C)cc1CCCOCO.Cc1ccc(C[C@@H](C[C@H](NC(=O)OC(C)(C)C)[C@@H]2C[C@@H](C(C)C)C(=O)O2)C(C)C)cc1CCCOCO. The van der Waals surface area contributed by atoms with Gasteiger partial charge in [-0.05, 0) is 182 Å². The summed E-state index contributed by atoms with van der Waals surface area (Å²) in [5, 5.41) is 34.6. The molecular weight excluding hydrogens is 953 g/mol. The Morgan fingerprint density at radius 1 is 0.760 bits per heavy atom. The average molecular weight is 1060 g/mol. The van der Waals surface area contributed by atoms with E-state index >= 15 is 0 Å². The van der Waals surface area contributed by atoms with Crippen molar-refractivity contribution in [3.05, 3.63) is 69.8 Å². The van der Waals surface area contributed by atoms with Gasteiger partial charge in [-0.3, -0.25) is 14.4 Å². The molecule has 9 N–H and O–H groups in total. The van der Waals surface area contributed by atoms with Gasteiger partial charge in [0.25, 0.3) is 0 Å². The number of esters is 1. The fourth-order valence-corrected chi connectivity index (χ4v) is 9.55. The van der Waals surface area contributed by atoms with Crippen LogP contribution in [-0.4, -0.2) is 102 Å². The molecule has 15 nitrogen and oxygen atoms in total. The van der Waals surface area contributed by atoms with Crippen molar-refractivity contribution in [3.8, 4) is 0 Å². The van der Waals surface area contributed by atoms with Crippen LogP contribution in [0, 0.1) is 66.6 Å². The second-order valence-corrected chi connectivity index (χ2v) is 24.3. The maximum Gasteiger partial charge on any atom is 0.408 e. The second kappa shape index (κ2) is 32.6. The Bertz CT molecular complexity index is 2030. The molecule has 1 saturated heterocycles. The molecule has 2 aromatic rings. The topological polar surface area (TPSA) is 242 Å². The monoisotopic (exact) mass is 1050 g/mol. The second-order valence-electron chi connectivity index (χ2n) is 24.3. The highest BCUT2D eigenvalue weighted by atomic mass is 16.6. The van der Waals surface area contributed by atoms with E-state index in [1.54, 1.807) is 13.8 Å². The van der Waals surface area contributed by atoms with Crippen LogP contribution in [0.5, 0.6) is 0 Å². The normalized spacial score (nSPS) is 17.5. The van der Waals surface area contributed by atoms with Crippen molar-refractivity contribution in [3.63, 3.8) is 0 Å². The molecule has 3 amide bonds. The Morgan fingerprint density at radius 2 is 1.25 bits per heavy atom. The zero-order valence-electron chi connectivity index (χ0n) is 48.8. The Labute approximate surface area is 451 Å². The maximum absolute atomic E-state index is 12.9. The fraction of sp³-hybridized carbons (Fsp3) is 0.733. The molecule has 1 heterocycles. The number of carbonyl (C=O) groups is 4. The first kappa shape index (κ1) is 67.0. The number of rotatable bonds is 31. The molecular formula is C60H102N4O11. The molecule has 75 heavy (non-hydrogen) atoms. The summed E-state index contributed by atoms with van der Waals surface area (Å²) < 4.78 is 21.5. The smallest absolute Gasteiger partial charge is 0.408 e. The highest BCUT2D eigenvalue weighted by molar-refractivity contribution is 5.83. The molecule has 0 aromatic heterocycles. The number of hydrogen-bond donors (Lipinski definition) is 7.